The summed E-state index contributed by atoms with van der Waals surface area (Å²) in [6, 6.07) is 1.37. The van der Waals surface area contributed by atoms with E-state index in [1.165, 1.54) is 0 Å². The number of phenols is 3. The van der Waals surface area contributed by atoms with Gasteiger partial charge in [0, 0.05) is 5.56 Å². The van der Waals surface area contributed by atoms with Gasteiger partial charge in [-0.2, -0.15) is 0 Å². The average molecular weight is 332 g/mol. The number of ketones is 1. The Labute approximate surface area is 129 Å². The first-order chi connectivity index (χ1) is 10.6. The maximum absolute atomic E-state index is 12.4. The van der Waals surface area contributed by atoms with Crippen LogP contribution in [-0.2, 0) is 4.74 Å². The van der Waals surface area contributed by atoms with Gasteiger partial charge in [0.15, 0.2) is 34.9 Å². The molecule has 0 amide bonds. The molecule has 1 fully saturated rings. The van der Waals surface area contributed by atoms with Gasteiger partial charge in [0.2, 0.25) is 0 Å². The van der Waals surface area contributed by atoms with E-state index < -0.39 is 65.4 Å². The molecule has 0 saturated carbocycles. The SMILES string of the molecule is O=C(c1cc(O)c(O)c(O)c1)[C@]1(O)[C@H](O)[C@@H](CO)O[C@@H](O)[C@@H]1O. The van der Waals surface area contributed by atoms with Crippen molar-refractivity contribution in [1.29, 1.82) is 0 Å². The number of aromatic hydroxyl groups is 3. The highest BCUT2D eigenvalue weighted by Crippen LogP contribution is 2.38. The molecule has 8 N–H and O–H groups in total. The van der Waals surface area contributed by atoms with Crippen molar-refractivity contribution in [2.24, 2.45) is 0 Å². The summed E-state index contributed by atoms with van der Waals surface area (Å²) in [7, 11) is 0. The van der Waals surface area contributed by atoms with E-state index in [1.807, 2.05) is 0 Å². The first-order valence-electron chi connectivity index (χ1n) is 6.47. The Morgan fingerprint density at radius 1 is 1.09 bits per heavy atom. The van der Waals surface area contributed by atoms with Crippen LogP contribution in [0, 0.1) is 0 Å². The molecule has 1 heterocycles. The minimum atomic E-state index is -2.99. The summed E-state index contributed by atoms with van der Waals surface area (Å²) in [6.07, 6.45) is -8.03. The molecule has 1 saturated heterocycles. The van der Waals surface area contributed by atoms with Crippen LogP contribution in [0.3, 0.4) is 0 Å². The van der Waals surface area contributed by atoms with Crippen LogP contribution in [-0.4, -0.2) is 83.4 Å². The van der Waals surface area contributed by atoms with E-state index in [2.05, 4.69) is 4.74 Å². The van der Waals surface area contributed by atoms with Crippen LogP contribution in [0.2, 0.25) is 0 Å². The largest absolute Gasteiger partial charge is 0.504 e. The highest BCUT2D eigenvalue weighted by Gasteiger charge is 2.59. The predicted molar refractivity (Wildman–Crippen MR) is 70.7 cm³/mol. The first kappa shape index (κ1) is 17.4. The maximum atomic E-state index is 12.4. The summed E-state index contributed by atoms with van der Waals surface area (Å²) in [5.41, 5.74) is -3.55. The van der Waals surface area contributed by atoms with E-state index in [0.717, 1.165) is 0 Å². The molecule has 1 aromatic rings. The van der Waals surface area contributed by atoms with Crippen molar-refractivity contribution in [2.75, 3.05) is 6.61 Å². The lowest BCUT2D eigenvalue weighted by molar-refractivity contribution is -0.306. The third-order valence-corrected chi connectivity index (χ3v) is 3.71. The maximum Gasteiger partial charge on any atom is 0.200 e. The number of carbonyl (C=O) groups is 1. The predicted octanol–water partition coefficient (Wildman–Crippen LogP) is -2.85. The summed E-state index contributed by atoms with van der Waals surface area (Å²) in [6.45, 7) is -0.868. The van der Waals surface area contributed by atoms with Crippen LogP contribution in [0.15, 0.2) is 12.1 Å². The number of aliphatic hydroxyl groups excluding tert-OH is 4. The van der Waals surface area contributed by atoms with Crippen LogP contribution >= 0.6 is 0 Å². The van der Waals surface area contributed by atoms with E-state index in [0.29, 0.717) is 12.1 Å². The highest BCUT2D eigenvalue weighted by molar-refractivity contribution is 6.04. The van der Waals surface area contributed by atoms with Gasteiger partial charge in [-0.1, -0.05) is 0 Å². The molecule has 23 heavy (non-hydrogen) atoms. The lowest BCUT2D eigenvalue weighted by Gasteiger charge is -2.45. The number of ether oxygens (including phenoxy) is 1. The smallest absolute Gasteiger partial charge is 0.200 e. The lowest BCUT2D eigenvalue weighted by atomic mass is 9.78. The third kappa shape index (κ3) is 2.61. The Balaban J connectivity index is 2.50. The van der Waals surface area contributed by atoms with Crippen molar-refractivity contribution in [2.45, 2.75) is 30.2 Å². The molecule has 0 aliphatic carbocycles. The molecular formula is C13H16O10. The monoisotopic (exact) mass is 332 g/mol. The first-order valence-corrected chi connectivity index (χ1v) is 6.47. The summed E-state index contributed by atoms with van der Waals surface area (Å²) in [5, 5.41) is 76.9. The number of carbonyl (C=O) groups excluding carboxylic acids is 1. The fourth-order valence-electron chi connectivity index (χ4n) is 2.38. The molecule has 2 rings (SSSR count). The topological polar surface area (TPSA) is 188 Å². The molecule has 1 aliphatic heterocycles. The number of phenolic OH excluding ortho intramolecular Hbond substituents is 3. The number of Topliss-reactive ketones (excluding diaryl/α,β-unsaturated/α-hetero) is 1. The van der Waals surface area contributed by atoms with Crippen molar-refractivity contribution >= 4 is 5.78 Å². The van der Waals surface area contributed by atoms with Crippen LogP contribution in [0.4, 0.5) is 0 Å². The van der Waals surface area contributed by atoms with E-state index in [-0.39, 0.29) is 0 Å². The van der Waals surface area contributed by atoms with Crippen molar-refractivity contribution in [3.8, 4) is 17.2 Å². The van der Waals surface area contributed by atoms with Crippen LogP contribution in [0.25, 0.3) is 0 Å². The third-order valence-electron chi connectivity index (χ3n) is 3.71. The zero-order chi connectivity index (χ0) is 17.5. The van der Waals surface area contributed by atoms with Gasteiger partial charge >= 0.3 is 0 Å². The molecular weight excluding hydrogens is 316 g/mol. The summed E-state index contributed by atoms with van der Waals surface area (Å²) in [5.74, 6) is -4.04. The number of hydrogen-bond acceptors (Lipinski definition) is 10. The number of hydrogen-bond donors (Lipinski definition) is 8. The Hall–Kier alpha value is -1.95. The van der Waals surface area contributed by atoms with Crippen LogP contribution in [0.5, 0.6) is 17.2 Å². The van der Waals surface area contributed by atoms with Gasteiger partial charge in [0.25, 0.3) is 0 Å². The Bertz CT molecular complexity index is 594. The van der Waals surface area contributed by atoms with Crippen molar-refractivity contribution in [1.82, 2.24) is 0 Å². The molecule has 0 aromatic heterocycles. The average Bonchev–Trinajstić information content (AvgIpc) is 2.52. The molecule has 0 unspecified atom stereocenters. The zero-order valence-corrected chi connectivity index (χ0v) is 11.6. The second-order valence-electron chi connectivity index (χ2n) is 5.15. The quantitative estimate of drug-likeness (QED) is 0.211. The number of benzene rings is 1. The van der Waals surface area contributed by atoms with Gasteiger partial charge in [-0.15, -0.1) is 0 Å². The summed E-state index contributed by atoms with van der Waals surface area (Å²) in [4.78, 5) is 12.4. The van der Waals surface area contributed by atoms with Gasteiger partial charge in [-0.3, -0.25) is 4.79 Å². The van der Waals surface area contributed by atoms with Crippen molar-refractivity contribution in [3.63, 3.8) is 0 Å². The van der Waals surface area contributed by atoms with Gasteiger partial charge in [-0.05, 0) is 12.1 Å². The van der Waals surface area contributed by atoms with Gasteiger partial charge in [0.1, 0.15) is 18.3 Å². The van der Waals surface area contributed by atoms with Crippen LogP contribution < -0.4 is 0 Å². The second kappa shape index (κ2) is 5.92. The Morgan fingerprint density at radius 2 is 1.61 bits per heavy atom. The van der Waals surface area contributed by atoms with Gasteiger partial charge in [-0.25, -0.2) is 0 Å². The van der Waals surface area contributed by atoms with E-state index in [4.69, 9.17) is 5.11 Å². The molecule has 1 aliphatic rings. The zero-order valence-electron chi connectivity index (χ0n) is 11.6. The van der Waals surface area contributed by atoms with Crippen LogP contribution in [0.1, 0.15) is 10.4 Å². The second-order valence-corrected chi connectivity index (χ2v) is 5.15. The van der Waals surface area contributed by atoms with Crippen molar-refractivity contribution in [3.05, 3.63) is 17.7 Å². The van der Waals surface area contributed by atoms with E-state index in [9.17, 15) is 40.5 Å². The van der Waals surface area contributed by atoms with E-state index >= 15 is 0 Å². The van der Waals surface area contributed by atoms with Crippen molar-refractivity contribution < 1.29 is 50.4 Å². The molecule has 10 nitrogen and oxygen atoms in total. The van der Waals surface area contributed by atoms with Gasteiger partial charge in [0.05, 0.1) is 6.61 Å². The highest BCUT2D eigenvalue weighted by atomic mass is 16.6. The molecule has 0 spiro atoms. The van der Waals surface area contributed by atoms with E-state index in [1.54, 1.807) is 0 Å². The minimum absolute atomic E-state index is 0.566. The standard InChI is InChI=1S/C13H16O10/c14-3-7-10(19)13(22,11(20)12(21)23-7)9(18)4-1-5(15)8(17)6(16)2-4/h1-2,7,10-12,14-17,19-22H,3H2/t7-,10-,11+,12-,13+/m1/s1. The number of aliphatic hydroxyl groups is 5. The Morgan fingerprint density at radius 3 is 2.09 bits per heavy atom. The summed E-state index contributed by atoms with van der Waals surface area (Å²) < 4.78 is 4.66. The lowest BCUT2D eigenvalue weighted by Crippen LogP contribution is -2.70. The van der Waals surface area contributed by atoms with Gasteiger partial charge < -0.3 is 45.6 Å². The Kier molecular flexibility index (Phi) is 4.48. The fraction of sp³-hybridized carbons (Fsp3) is 0.462. The fourth-order valence-corrected chi connectivity index (χ4v) is 2.38. The minimum Gasteiger partial charge on any atom is -0.504 e. The molecule has 5 atom stereocenters. The molecule has 10 heteroatoms. The number of rotatable bonds is 3. The molecule has 128 valence electrons. The molecule has 0 bridgehead atoms. The molecule has 0 radical (unpaired) electrons. The molecule has 1 aromatic carbocycles. The normalized spacial score (nSPS) is 34.3. The summed E-state index contributed by atoms with van der Waals surface area (Å²) >= 11 is 0.